The number of nitrogens with two attached hydrogens (primary N) is 1. The molecule has 50 valence electrons. The van der Waals surface area contributed by atoms with Crippen molar-refractivity contribution in [3.63, 3.8) is 0 Å². The first-order valence-corrected chi connectivity index (χ1v) is 3.23. The molecule has 0 saturated heterocycles. The molecule has 2 heteroatoms. The van der Waals surface area contributed by atoms with Crippen molar-refractivity contribution in [1.29, 1.82) is 0 Å². The molecule has 1 heterocycles. The quantitative estimate of drug-likeness (QED) is 0.579. The highest BCUT2D eigenvalue weighted by Crippen LogP contribution is 2.10. The van der Waals surface area contributed by atoms with Gasteiger partial charge in [0.25, 0.3) is 0 Å². The second-order valence-corrected chi connectivity index (χ2v) is 2.31. The Balaban J connectivity index is 2.54. The van der Waals surface area contributed by atoms with E-state index in [9.17, 15) is 0 Å². The summed E-state index contributed by atoms with van der Waals surface area (Å²) in [4.78, 5) is 4.11. The predicted octanol–water partition coefficient (Wildman–Crippen LogP) is 0.736. The van der Waals surface area contributed by atoms with Gasteiger partial charge in [-0.1, -0.05) is 0 Å². The lowest BCUT2D eigenvalue weighted by atomic mass is 10.1. The average Bonchev–Trinajstić information content (AvgIpc) is 2.18. The van der Waals surface area contributed by atoms with Crippen LogP contribution in [0.4, 0.5) is 0 Å². The molecular weight excluding hydrogens is 112 g/mol. The molecule has 0 saturated carbocycles. The maximum absolute atomic E-state index is 5.37. The van der Waals surface area contributed by atoms with Crippen LogP contribution in [0.25, 0.3) is 0 Å². The zero-order chi connectivity index (χ0) is 6.69. The standard InChI is InChI=1S/C7H12N2/c1-6-4-9-5-7(6)2-3-8/h5H,2-4,8H2,1H3. The summed E-state index contributed by atoms with van der Waals surface area (Å²) in [6.45, 7) is 3.73. The summed E-state index contributed by atoms with van der Waals surface area (Å²) in [5, 5.41) is 0. The molecule has 1 aliphatic heterocycles. The van der Waals surface area contributed by atoms with E-state index >= 15 is 0 Å². The Bertz CT molecular complexity index is 156. The lowest BCUT2D eigenvalue weighted by molar-refractivity contribution is 0.975. The van der Waals surface area contributed by atoms with Gasteiger partial charge in [-0.2, -0.15) is 0 Å². The number of rotatable bonds is 2. The van der Waals surface area contributed by atoms with Gasteiger partial charge in [0.2, 0.25) is 0 Å². The van der Waals surface area contributed by atoms with Gasteiger partial charge in [-0.3, -0.25) is 4.99 Å². The van der Waals surface area contributed by atoms with Crippen molar-refractivity contribution in [2.24, 2.45) is 10.7 Å². The minimum atomic E-state index is 0.735. The second-order valence-electron chi connectivity index (χ2n) is 2.31. The molecule has 9 heavy (non-hydrogen) atoms. The van der Waals surface area contributed by atoms with Gasteiger partial charge in [-0.25, -0.2) is 0 Å². The Kier molecular flexibility index (Phi) is 2.01. The molecule has 2 N–H and O–H groups in total. The zero-order valence-electron chi connectivity index (χ0n) is 5.72. The van der Waals surface area contributed by atoms with Crippen LogP contribution in [-0.2, 0) is 0 Å². The largest absolute Gasteiger partial charge is 0.330 e. The molecule has 0 aliphatic carbocycles. The molecule has 0 aromatic rings. The fourth-order valence-electron chi connectivity index (χ4n) is 0.938. The van der Waals surface area contributed by atoms with E-state index in [0.717, 1.165) is 19.5 Å². The van der Waals surface area contributed by atoms with E-state index in [2.05, 4.69) is 11.9 Å². The minimum absolute atomic E-state index is 0.735. The summed E-state index contributed by atoms with van der Waals surface area (Å²) in [7, 11) is 0. The third-order valence-electron chi connectivity index (χ3n) is 1.54. The predicted molar refractivity (Wildman–Crippen MR) is 39.7 cm³/mol. The van der Waals surface area contributed by atoms with E-state index in [0.29, 0.717) is 0 Å². The van der Waals surface area contributed by atoms with Crippen molar-refractivity contribution in [1.82, 2.24) is 0 Å². The monoisotopic (exact) mass is 124 g/mol. The molecular formula is C7H12N2. The Morgan fingerprint density at radius 3 is 3.00 bits per heavy atom. The van der Waals surface area contributed by atoms with E-state index in [1.54, 1.807) is 0 Å². The maximum atomic E-state index is 5.37. The summed E-state index contributed by atoms with van der Waals surface area (Å²) in [6, 6.07) is 0. The molecule has 0 radical (unpaired) electrons. The van der Waals surface area contributed by atoms with Crippen LogP contribution in [0.3, 0.4) is 0 Å². The summed E-state index contributed by atoms with van der Waals surface area (Å²) in [5.74, 6) is 0. The van der Waals surface area contributed by atoms with E-state index in [1.165, 1.54) is 11.1 Å². The van der Waals surface area contributed by atoms with Crippen molar-refractivity contribution in [3.8, 4) is 0 Å². The summed E-state index contributed by atoms with van der Waals surface area (Å²) < 4.78 is 0. The average molecular weight is 124 g/mol. The highest BCUT2D eigenvalue weighted by molar-refractivity contribution is 5.82. The molecule has 0 spiro atoms. The SMILES string of the molecule is CC1=C(CCN)C=NC1. The summed E-state index contributed by atoms with van der Waals surface area (Å²) in [5.41, 5.74) is 8.08. The van der Waals surface area contributed by atoms with Crippen LogP contribution >= 0.6 is 0 Å². The molecule has 0 aromatic heterocycles. The smallest absolute Gasteiger partial charge is 0.0603 e. The topological polar surface area (TPSA) is 38.4 Å². The summed E-state index contributed by atoms with van der Waals surface area (Å²) >= 11 is 0. The lowest BCUT2D eigenvalue weighted by Crippen LogP contribution is -2.00. The molecule has 0 unspecified atom stereocenters. The van der Waals surface area contributed by atoms with Crippen LogP contribution in [0.15, 0.2) is 16.1 Å². The van der Waals surface area contributed by atoms with Crippen molar-refractivity contribution in [2.45, 2.75) is 13.3 Å². The number of aliphatic imine (C=N–C) groups is 1. The van der Waals surface area contributed by atoms with Gasteiger partial charge in [0.05, 0.1) is 6.54 Å². The Morgan fingerprint density at radius 1 is 1.78 bits per heavy atom. The van der Waals surface area contributed by atoms with Crippen molar-refractivity contribution in [3.05, 3.63) is 11.1 Å². The zero-order valence-corrected chi connectivity index (χ0v) is 5.72. The minimum Gasteiger partial charge on any atom is -0.330 e. The summed E-state index contributed by atoms with van der Waals surface area (Å²) in [6.07, 6.45) is 2.91. The molecule has 2 nitrogen and oxygen atoms in total. The lowest BCUT2D eigenvalue weighted by Gasteiger charge is -1.95. The second kappa shape index (κ2) is 2.78. The van der Waals surface area contributed by atoms with Gasteiger partial charge in [0.15, 0.2) is 0 Å². The van der Waals surface area contributed by atoms with E-state index in [4.69, 9.17) is 5.73 Å². The van der Waals surface area contributed by atoms with Crippen molar-refractivity contribution >= 4 is 6.21 Å². The molecule has 0 atom stereocenters. The van der Waals surface area contributed by atoms with E-state index < -0.39 is 0 Å². The van der Waals surface area contributed by atoms with Gasteiger partial charge in [-0.15, -0.1) is 0 Å². The van der Waals surface area contributed by atoms with E-state index in [-0.39, 0.29) is 0 Å². The van der Waals surface area contributed by atoms with Gasteiger partial charge in [0.1, 0.15) is 0 Å². The van der Waals surface area contributed by atoms with Crippen molar-refractivity contribution in [2.75, 3.05) is 13.1 Å². The van der Waals surface area contributed by atoms with Crippen molar-refractivity contribution < 1.29 is 0 Å². The van der Waals surface area contributed by atoms with Crippen LogP contribution in [-0.4, -0.2) is 19.3 Å². The molecule has 1 aliphatic rings. The van der Waals surface area contributed by atoms with Crippen LogP contribution in [0.2, 0.25) is 0 Å². The van der Waals surface area contributed by atoms with Crippen LogP contribution in [0.1, 0.15) is 13.3 Å². The molecule has 1 rings (SSSR count). The first kappa shape index (κ1) is 6.49. The fraction of sp³-hybridized carbons (Fsp3) is 0.571. The Morgan fingerprint density at radius 2 is 2.56 bits per heavy atom. The van der Waals surface area contributed by atoms with Gasteiger partial charge < -0.3 is 5.73 Å². The van der Waals surface area contributed by atoms with E-state index in [1.807, 2.05) is 6.21 Å². The third kappa shape index (κ3) is 1.39. The highest BCUT2D eigenvalue weighted by Gasteiger charge is 2.02. The van der Waals surface area contributed by atoms with Gasteiger partial charge in [-0.05, 0) is 31.0 Å². The maximum Gasteiger partial charge on any atom is 0.0603 e. The molecule has 0 fully saturated rings. The van der Waals surface area contributed by atoms with Crippen LogP contribution < -0.4 is 5.73 Å². The van der Waals surface area contributed by atoms with Crippen LogP contribution in [0.5, 0.6) is 0 Å². The number of hydrogen-bond acceptors (Lipinski definition) is 2. The fourth-order valence-corrected chi connectivity index (χ4v) is 0.938. The number of nitrogens with zero attached hydrogens (tertiary/aromatic N) is 1. The van der Waals surface area contributed by atoms with Crippen LogP contribution in [0, 0.1) is 0 Å². The normalized spacial score (nSPS) is 17.6. The third-order valence-corrected chi connectivity index (χ3v) is 1.54. The first-order valence-electron chi connectivity index (χ1n) is 3.23. The Labute approximate surface area is 55.5 Å². The van der Waals surface area contributed by atoms with Gasteiger partial charge >= 0.3 is 0 Å². The molecule has 0 bridgehead atoms. The first-order chi connectivity index (χ1) is 4.34. The van der Waals surface area contributed by atoms with Gasteiger partial charge in [0, 0.05) is 6.21 Å². The highest BCUT2D eigenvalue weighted by atomic mass is 14.7. The molecule has 0 amide bonds. The number of hydrogen-bond donors (Lipinski definition) is 1. The Hall–Kier alpha value is -0.630. The molecule has 0 aromatic carbocycles.